The molecule has 0 aliphatic heterocycles. The van der Waals surface area contributed by atoms with Crippen molar-refractivity contribution in [2.45, 2.75) is 19.3 Å². The van der Waals surface area contributed by atoms with Gasteiger partial charge < -0.3 is 14.8 Å². The van der Waals surface area contributed by atoms with E-state index >= 15 is 0 Å². The molecule has 0 spiro atoms. The summed E-state index contributed by atoms with van der Waals surface area (Å²) in [6.07, 6.45) is 11.3. The van der Waals surface area contributed by atoms with Crippen molar-refractivity contribution < 1.29 is 19.1 Å². The molecular formula is C18H21NO4. The van der Waals surface area contributed by atoms with Gasteiger partial charge >= 0.3 is 12.1 Å². The lowest BCUT2D eigenvalue weighted by Gasteiger charge is -2.12. The van der Waals surface area contributed by atoms with Crippen LogP contribution < -0.4 is 10.1 Å². The summed E-state index contributed by atoms with van der Waals surface area (Å²) in [6, 6.07) is 6.20. The topological polar surface area (TPSA) is 64.6 Å². The molecule has 2 rings (SSSR count). The van der Waals surface area contributed by atoms with Crippen LogP contribution in [-0.2, 0) is 4.74 Å². The Morgan fingerprint density at radius 2 is 2.04 bits per heavy atom. The van der Waals surface area contributed by atoms with E-state index in [-0.39, 0.29) is 0 Å². The van der Waals surface area contributed by atoms with Gasteiger partial charge in [0.1, 0.15) is 5.75 Å². The van der Waals surface area contributed by atoms with E-state index in [9.17, 15) is 9.59 Å². The van der Waals surface area contributed by atoms with Crippen LogP contribution in [0.5, 0.6) is 5.75 Å². The maximum absolute atomic E-state index is 11.7. The first kappa shape index (κ1) is 16.8. The number of hydrogen-bond donors (Lipinski definition) is 1. The molecule has 1 aliphatic carbocycles. The molecule has 1 N–H and O–H groups in total. The highest BCUT2D eigenvalue weighted by Crippen LogP contribution is 2.18. The highest BCUT2D eigenvalue weighted by Gasteiger charge is 2.08. The zero-order valence-corrected chi connectivity index (χ0v) is 13.2. The molecule has 0 heterocycles. The molecule has 1 atom stereocenters. The van der Waals surface area contributed by atoms with Crippen LogP contribution >= 0.6 is 0 Å². The van der Waals surface area contributed by atoms with Crippen molar-refractivity contribution in [3.05, 3.63) is 54.1 Å². The monoisotopic (exact) mass is 315 g/mol. The summed E-state index contributed by atoms with van der Waals surface area (Å²) in [6.45, 7) is 0.430. The second-order valence-corrected chi connectivity index (χ2v) is 5.26. The fourth-order valence-corrected chi connectivity index (χ4v) is 2.31. The van der Waals surface area contributed by atoms with Crippen LogP contribution in [0.15, 0.2) is 48.6 Å². The van der Waals surface area contributed by atoms with E-state index in [4.69, 9.17) is 4.74 Å². The zero-order valence-electron chi connectivity index (χ0n) is 13.2. The van der Waals surface area contributed by atoms with Crippen LogP contribution in [-0.4, -0.2) is 25.7 Å². The zero-order chi connectivity index (χ0) is 16.5. The standard InChI is InChI=1S/C18H21NO4/c1-22-17(20)15-9-11-16(12-10-15)23-18(21)19-13-5-8-14-6-3-2-4-7-14/h2-3,5,8-12,14H,4,6-7,13H2,1H3,(H,19,21)/b8-5+. The van der Waals surface area contributed by atoms with Crippen molar-refractivity contribution >= 4 is 12.1 Å². The van der Waals surface area contributed by atoms with Gasteiger partial charge in [-0.25, -0.2) is 9.59 Å². The lowest BCUT2D eigenvalue weighted by Crippen LogP contribution is -2.26. The minimum Gasteiger partial charge on any atom is -0.465 e. The van der Waals surface area contributed by atoms with Gasteiger partial charge in [-0.2, -0.15) is 0 Å². The minimum absolute atomic E-state index is 0.372. The van der Waals surface area contributed by atoms with Crippen molar-refractivity contribution in [2.24, 2.45) is 5.92 Å². The molecule has 5 nitrogen and oxygen atoms in total. The van der Waals surface area contributed by atoms with Gasteiger partial charge in [0.25, 0.3) is 0 Å². The predicted octanol–water partition coefficient (Wildman–Crippen LogP) is 3.47. The van der Waals surface area contributed by atoms with Crippen molar-refractivity contribution in [1.29, 1.82) is 0 Å². The van der Waals surface area contributed by atoms with Crippen LogP contribution in [0.1, 0.15) is 29.6 Å². The molecule has 0 aromatic heterocycles. The maximum atomic E-state index is 11.7. The summed E-state index contributed by atoms with van der Waals surface area (Å²) in [5.74, 6) is 0.504. The molecular weight excluding hydrogens is 294 g/mol. The molecule has 0 fully saturated rings. The number of nitrogens with one attached hydrogen (secondary N) is 1. The number of esters is 1. The molecule has 5 heteroatoms. The van der Waals surface area contributed by atoms with Gasteiger partial charge in [0.2, 0.25) is 0 Å². The normalized spacial score (nSPS) is 17.0. The third-order valence-corrected chi connectivity index (χ3v) is 3.57. The molecule has 1 unspecified atom stereocenters. The molecule has 23 heavy (non-hydrogen) atoms. The average Bonchev–Trinajstić information content (AvgIpc) is 2.59. The lowest BCUT2D eigenvalue weighted by molar-refractivity contribution is 0.0600. The number of hydrogen-bond acceptors (Lipinski definition) is 4. The number of benzene rings is 1. The summed E-state index contributed by atoms with van der Waals surface area (Å²) in [5, 5.41) is 2.66. The Hall–Kier alpha value is -2.56. The highest BCUT2D eigenvalue weighted by atomic mass is 16.6. The minimum atomic E-state index is -0.524. The molecule has 0 radical (unpaired) electrons. The number of allylic oxidation sites excluding steroid dienone is 3. The third-order valence-electron chi connectivity index (χ3n) is 3.57. The smallest absolute Gasteiger partial charge is 0.412 e. The fourth-order valence-electron chi connectivity index (χ4n) is 2.31. The van der Waals surface area contributed by atoms with Gasteiger partial charge in [-0.3, -0.25) is 0 Å². The number of carbonyl (C=O) groups excluding carboxylic acids is 2. The van der Waals surface area contributed by atoms with E-state index in [1.165, 1.54) is 7.11 Å². The number of ether oxygens (including phenoxy) is 2. The van der Waals surface area contributed by atoms with Crippen molar-refractivity contribution in [3.63, 3.8) is 0 Å². The Morgan fingerprint density at radius 1 is 1.26 bits per heavy atom. The number of methoxy groups -OCH3 is 1. The van der Waals surface area contributed by atoms with E-state index in [1.54, 1.807) is 24.3 Å². The van der Waals surface area contributed by atoms with Crippen LogP contribution in [0.4, 0.5) is 4.79 Å². The van der Waals surface area contributed by atoms with Crippen LogP contribution in [0.3, 0.4) is 0 Å². The second kappa shape index (κ2) is 8.78. The maximum Gasteiger partial charge on any atom is 0.412 e. The summed E-state index contributed by atoms with van der Waals surface area (Å²) in [7, 11) is 1.32. The van der Waals surface area contributed by atoms with Gasteiger partial charge in [-0.15, -0.1) is 0 Å². The fraction of sp³-hybridized carbons (Fsp3) is 0.333. The van der Waals surface area contributed by atoms with Gasteiger partial charge in [0.05, 0.1) is 12.7 Å². The molecule has 122 valence electrons. The Balaban J connectivity index is 1.73. The first-order valence-electron chi connectivity index (χ1n) is 7.65. The van der Waals surface area contributed by atoms with E-state index < -0.39 is 12.1 Å². The average molecular weight is 315 g/mol. The molecule has 0 saturated carbocycles. The number of carbonyl (C=O) groups is 2. The predicted molar refractivity (Wildman–Crippen MR) is 87.4 cm³/mol. The van der Waals surface area contributed by atoms with E-state index in [1.807, 2.05) is 6.08 Å². The summed E-state index contributed by atoms with van der Waals surface area (Å²) >= 11 is 0. The number of amides is 1. The molecule has 1 aliphatic rings. The Bertz CT molecular complexity index is 590. The van der Waals surface area contributed by atoms with Crippen molar-refractivity contribution in [2.75, 3.05) is 13.7 Å². The summed E-state index contributed by atoms with van der Waals surface area (Å²) in [4.78, 5) is 23.0. The first-order chi connectivity index (χ1) is 11.2. The van der Waals surface area contributed by atoms with E-state index in [2.05, 4.69) is 28.3 Å². The molecule has 1 aromatic rings. The van der Waals surface area contributed by atoms with E-state index in [0.29, 0.717) is 23.8 Å². The summed E-state index contributed by atoms with van der Waals surface area (Å²) in [5.41, 5.74) is 0.407. The largest absolute Gasteiger partial charge is 0.465 e. The second-order valence-electron chi connectivity index (χ2n) is 5.26. The quantitative estimate of drug-likeness (QED) is 0.667. The highest BCUT2D eigenvalue weighted by molar-refractivity contribution is 5.89. The molecule has 1 amide bonds. The number of rotatable bonds is 5. The van der Waals surface area contributed by atoms with Gasteiger partial charge in [-0.05, 0) is 49.4 Å². The molecule has 1 aromatic carbocycles. The molecule has 0 bridgehead atoms. The van der Waals surface area contributed by atoms with E-state index in [0.717, 1.165) is 19.3 Å². The van der Waals surface area contributed by atoms with Crippen LogP contribution in [0.2, 0.25) is 0 Å². The Kier molecular flexibility index (Phi) is 6.41. The van der Waals surface area contributed by atoms with Crippen LogP contribution in [0, 0.1) is 5.92 Å². The SMILES string of the molecule is COC(=O)c1ccc(OC(=O)NC/C=C/C2CC=CCC2)cc1. The van der Waals surface area contributed by atoms with Crippen molar-refractivity contribution in [3.8, 4) is 5.75 Å². The van der Waals surface area contributed by atoms with Crippen LogP contribution in [0.25, 0.3) is 0 Å². The summed E-state index contributed by atoms with van der Waals surface area (Å²) < 4.78 is 9.73. The first-order valence-corrected chi connectivity index (χ1v) is 7.65. The van der Waals surface area contributed by atoms with Gasteiger partial charge in [0, 0.05) is 6.54 Å². The Labute approximate surface area is 136 Å². The Morgan fingerprint density at radius 3 is 2.70 bits per heavy atom. The molecule has 0 saturated heterocycles. The van der Waals surface area contributed by atoms with Gasteiger partial charge in [0.15, 0.2) is 0 Å². The van der Waals surface area contributed by atoms with Crippen molar-refractivity contribution in [1.82, 2.24) is 5.32 Å². The van der Waals surface area contributed by atoms with Gasteiger partial charge in [-0.1, -0.05) is 24.3 Å². The lowest BCUT2D eigenvalue weighted by atomic mass is 9.94. The third kappa shape index (κ3) is 5.62.